The molecule has 0 aliphatic rings. The lowest BCUT2D eigenvalue weighted by molar-refractivity contribution is 0.211. The fraction of sp³-hybridized carbons (Fsp3) is 0.333. The van der Waals surface area contributed by atoms with Crippen molar-refractivity contribution in [1.82, 2.24) is 9.88 Å². The van der Waals surface area contributed by atoms with Crippen molar-refractivity contribution in [2.75, 3.05) is 25.5 Å². The van der Waals surface area contributed by atoms with Crippen molar-refractivity contribution in [2.24, 2.45) is 0 Å². The summed E-state index contributed by atoms with van der Waals surface area (Å²) in [6.07, 6.45) is 4.89. The van der Waals surface area contributed by atoms with Gasteiger partial charge in [-0.3, -0.25) is 5.32 Å². The molecule has 0 aliphatic heterocycles. The maximum Gasteiger partial charge on any atom is 0.323 e. The number of ether oxygens (including phenoxy) is 1. The molecule has 0 aliphatic carbocycles. The van der Waals surface area contributed by atoms with Gasteiger partial charge in [-0.25, -0.2) is 14.2 Å². The van der Waals surface area contributed by atoms with Crippen LogP contribution < -0.4 is 10.1 Å². The molecular weight excluding hydrogens is 345 g/mol. The maximum absolute atomic E-state index is 14.0. The van der Waals surface area contributed by atoms with E-state index in [1.807, 2.05) is 6.92 Å². The number of halogens is 1. The van der Waals surface area contributed by atoms with E-state index in [0.29, 0.717) is 42.2 Å². The molecule has 1 heterocycles. The predicted octanol–water partition coefficient (Wildman–Crippen LogP) is 4.43. The highest BCUT2D eigenvalue weighted by Crippen LogP contribution is 2.15. The molecule has 1 N–H and O–H groups in total. The Morgan fingerprint density at radius 3 is 2.78 bits per heavy atom. The molecule has 142 valence electrons. The highest BCUT2D eigenvalue weighted by Gasteiger charge is 2.15. The molecule has 0 bridgehead atoms. The average Bonchev–Trinajstić information content (AvgIpc) is 2.69. The third kappa shape index (κ3) is 6.09. The van der Waals surface area contributed by atoms with Gasteiger partial charge in [0.15, 0.2) is 0 Å². The van der Waals surface area contributed by atoms with E-state index in [9.17, 15) is 9.18 Å². The molecule has 0 spiro atoms. The van der Waals surface area contributed by atoms with E-state index >= 15 is 0 Å². The zero-order valence-corrected chi connectivity index (χ0v) is 15.7. The summed E-state index contributed by atoms with van der Waals surface area (Å²) in [5.41, 5.74) is 1.13. The van der Waals surface area contributed by atoms with Gasteiger partial charge in [-0.2, -0.15) is 0 Å². The normalized spacial score (nSPS) is 10.3. The van der Waals surface area contributed by atoms with Crippen molar-refractivity contribution in [3.8, 4) is 5.75 Å². The van der Waals surface area contributed by atoms with E-state index in [2.05, 4.69) is 10.3 Å². The van der Waals surface area contributed by atoms with Crippen LogP contribution in [0.3, 0.4) is 0 Å². The molecule has 2 amide bonds. The number of aromatic nitrogens is 1. The molecule has 0 fully saturated rings. The highest BCUT2D eigenvalue weighted by molar-refractivity contribution is 5.88. The Bertz CT molecular complexity index is 763. The predicted molar refractivity (Wildman–Crippen MR) is 104 cm³/mol. The van der Waals surface area contributed by atoms with Crippen molar-refractivity contribution in [3.63, 3.8) is 0 Å². The van der Waals surface area contributed by atoms with Crippen molar-refractivity contribution >= 4 is 17.9 Å². The minimum absolute atomic E-state index is 0.273. The number of hydrogen-bond donors (Lipinski definition) is 1. The van der Waals surface area contributed by atoms with Gasteiger partial charge in [0, 0.05) is 13.1 Å². The molecule has 6 heteroatoms. The van der Waals surface area contributed by atoms with Crippen LogP contribution in [0, 0.1) is 12.4 Å². The lowest BCUT2D eigenvalue weighted by Crippen LogP contribution is -2.37. The summed E-state index contributed by atoms with van der Waals surface area (Å²) in [4.78, 5) is 18.4. The van der Waals surface area contributed by atoms with Crippen LogP contribution in [-0.4, -0.2) is 36.1 Å². The molecule has 2 rings (SSSR count). The number of pyridine rings is 1. The van der Waals surface area contributed by atoms with Crippen LogP contribution in [0.15, 0.2) is 36.5 Å². The first-order valence-corrected chi connectivity index (χ1v) is 8.92. The first kappa shape index (κ1) is 20.4. The molecule has 5 nitrogen and oxygen atoms in total. The van der Waals surface area contributed by atoms with E-state index in [1.165, 1.54) is 18.3 Å². The van der Waals surface area contributed by atoms with Gasteiger partial charge in [0.2, 0.25) is 0 Å². The SMILES string of the molecule is [C]=Cc1ccc(F)c(CCN(CCCC)C(=O)Nc2ccc(OC)cn2)c1. The lowest BCUT2D eigenvalue weighted by Gasteiger charge is -2.23. The summed E-state index contributed by atoms with van der Waals surface area (Å²) < 4.78 is 19.1. The number of anilines is 1. The second-order valence-corrected chi connectivity index (χ2v) is 6.10. The Balaban J connectivity index is 2.04. The van der Waals surface area contributed by atoms with Crippen molar-refractivity contribution < 1.29 is 13.9 Å². The third-order valence-electron chi connectivity index (χ3n) is 4.16. The smallest absolute Gasteiger partial charge is 0.323 e. The van der Waals surface area contributed by atoms with Crippen molar-refractivity contribution in [3.05, 3.63) is 60.1 Å². The standard InChI is InChI=1S/C21H24FN3O2/c1-4-6-12-25(13-11-17-14-16(5-2)7-9-19(17)22)21(26)24-20-10-8-18(27-3)15-23-20/h5,7-10,14-15H,4,6,11-13H2,1,3H3,(H,23,24,26). The topological polar surface area (TPSA) is 54.5 Å². The summed E-state index contributed by atoms with van der Waals surface area (Å²) in [5, 5.41) is 2.77. The summed E-state index contributed by atoms with van der Waals surface area (Å²) >= 11 is 0. The molecule has 2 aromatic rings. The van der Waals surface area contributed by atoms with E-state index in [-0.39, 0.29) is 11.8 Å². The second-order valence-electron chi connectivity index (χ2n) is 6.10. The van der Waals surface area contributed by atoms with Gasteiger partial charge in [-0.1, -0.05) is 19.4 Å². The number of carbonyl (C=O) groups is 1. The molecule has 0 saturated heterocycles. The van der Waals surface area contributed by atoms with Crippen LogP contribution >= 0.6 is 0 Å². The number of carbonyl (C=O) groups excluding carboxylic acids is 1. The number of unbranched alkanes of at least 4 members (excludes halogenated alkanes) is 1. The highest BCUT2D eigenvalue weighted by atomic mass is 19.1. The Hall–Kier alpha value is -2.89. The summed E-state index contributed by atoms with van der Waals surface area (Å²) in [7, 11) is 1.55. The fourth-order valence-electron chi connectivity index (χ4n) is 2.56. The first-order valence-electron chi connectivity index (χ1n) is 8.92. The van der Waals surface area contributed by atoms with Crippen LogP contribution in [-0.2, 0) is 6.42 Å². The Morgan fingerprint density at radius 1 is 1.33 bits per heavy atom. The van der Waals surface area contributed by atoms with Gasteiger partial charge in [0.1, 0.15) is 17.4 Å². The molecule has 2 radical (unpaired) electrons. The van der Waals surface area contributed by atoms with Crippen LogP contribution in [0.4, 0.5) is 15.0 Å². The van der Waals surface area contributed by atoms with Gasteiger partial charge in [0.25, 0.3) is 0 Å². The Kier molecular flexibility index (Phi) is 7.79. The second kappa shape index (κ2) is 10.3. The number of nitrogens with one attached hydrogen (secondary N) is 1. The summed E-state index contributed by atoms with van der Waals surface area (Å²) in [6, 6.07) is 7.67. The molecule has 27 heavy (non-hydrogen) atoms. The van der Waals surface area contributed by atoms with Crippen molar-refractivity contribution in [2.45, 2.75) is 26.2 Å². The van der Waals surface area contributed by atoms with Crippen LogP contribution in [0.25, 0.3) is 6.08 Å². The largest absolute Gasteiger partial charge is 0.495 e. The van der Waals surface area contributed by atoms with Gasteiger partial charge in [0.05, 0.1) is 13.3 Å². The Morgan fingerprint density at radius 2 is 2.15 bits per heavy atom. The lowest BCUT2D eigenvalue weighted by atomic mass is 10.1. The first-order chi connectivity index (χ1) is 13.1. The fourth-order valence-corrected chi connectivity index (χ4v) is 2.56. The van der Waals surface area contributed by atoms with Crippen LogP contribution in [0.5, 0.6) is 5.75 Å². The number of amides is 2. The zero-order valence-electron chi connectivity index (χ0n) is 15.7. The molecule has 0 atom stereocenters. The monoisotopic (exact) mass is 369 g/mol. The number of urea groups is 1. The number of benzene rings is 1. The zero-order chi connectivity index (χ0) is 19.6. The quantitative estimate of drug-likeness (QED) is 0.711. The number of methoxy groups -OCH3 is 1. The maximum atomic E-state index is 14.0. The number of rotatable bonds is 9. The van der Waals surface area contributed by atoms with Crippen LogP contribution in [0.2, 0.25) is 0 Å². The van der Waals surface area contributed by atoms with E-state index in [0.717, 1.165) is 12.8 Å². The molecule has 0 unspecified atom stereocenters. The molecular formula is C21H24FN3O2. The van der Waals surface area contributed by atoms with E-state index < -0.39 is 0 Å². The van der Waals surface area contributed by atoms with Gasteiger partial charge in [-0.15, -0.1) is 0 Å². The summed E-state index contributed by atoms with van der Waals surface area (Å²) in [5.74, 6) is 0.713. The van der Waals surface area contributed by atoms with Crippen molar-refractivity contribution in [1.29, 1.82) is 0 Å². The minimum Gasteiger partial charge on any atom is -0.495 e. The van der Waals surface area contributed by atoms with Crippen LogP contribution in [0.1, 0.15) is 30.9 Å². The molecule has 1 aromatic carbocycles. The third-order valence-corrected chi connectivity index (χ3v) is 4.16. The molecule has 1 aromatic heterocycles. The minimum atomic E-state index is -0.326. The van der Waals surface area contributed by atoms with Gasteiger partial charge >= 0.3 is 6.03 Å². The number of nitrogens with zero attached hydrogens (tertiary/aromatic N) is 2. The van der Waals surface area contributed by atoms with Gasteiger partial charge < -0.3 is 9.64 Å². The average molecular weight is 369 g/mol. The van der Waals surface area contributed by atoms with Gasteiger partial charge in [-0.05, 0) is 60.9 Å². The van der Waals surface area contributed by atoms with E-state index in [4.69, 9.17) is 11.3 Å². The Labute approximate surface area is 159 Å². The summed E-state index contributed by atoms with van der Waals surface area (Å²) in [6.45, 7) is 10.3. The number of hydrogen-bond acceptors (Lipinski definition) is 3. The van der Waals surface area contributed by atoms with E-state index in [1.54, 1.807) is 36.3 Å². The molecule has 0 saturated carbocycles.